The zero-order chi connectivity index (χ0) is 20.8. The zero-order valence-electron chi connectivity index (χ0n) is 16.6. The fourth-order valence-corrected chi connectivity index (χ4v) is 3.32. The lowest BCUT2D eigenvalue weighted by Gasteiger charge is -2.21. The molecule has 0 fully saturated rings. The summed E-state index contributed by atoms with van der Waals surface area (Å²) in [5, 5.41) is 20.7. The van der Waals surface area contributed by atoms with E-state index in [-0.39, 0.29) is 36.8 Å². The van der Waals surface area contributed by atoms with Crippen LogP contribution in [0.3, 0.4) is 0 Å². The van der Waals surface area contributed by atoms with Gasteiger partial charge in [-0.15, -0.1) is 0 Å². The van der Waals surface area contributed by atoms with E-state index in [1.165, 1.54) is 4.68 Å². The number of nitrogens with zero attached hydrogens (tertiary/aromatic N) is 2. The Kier molecular flexibility index (Phi) is 6.61. The highest BCUT2D eigenvalue weighted by atomic mass is 16.3. The number of amides is 2. The number of rotatable bonds is 7. The summed E-state index contributed by atoms with van der Waals surface area (Å²) in [4.78, 5) is 25.0. The molecule has 0 aliphatic rings. The smallest absolute Gasteiger partial charge is 0.315 e. The summed E-state index contributed by atoms with van der Waals surface area (Å²) in [6, 6.07) is 14.1. The van der Waals surface area contributed by atoms with Crippen molar-refractivity contribution in [2.24, 2.45) is 0 Å². The highest BCUT2D eigenvalue weighted by molar-refractivity contribution is 5.80. The second kappa shape index (κ2) is 9.34. The average Bonchev–Trinajstić information content (AvgIpc) is 2.70. The Labute approximate surface area is 169 Å². The quantitative estimate of drug-likeness (QED) is 0.574. The Bertz CT molecular complexity index is 1050. The number of carbonyl (C=O) groups excluding carboxylic acids is 1. The van der Waals surface area contributed by atoms with E-state index >= 15 is 0 Å². The van der Waals surface area contributed by atoms with Crippen LogP contribution in [0.5, 0.6) is 0 Å². The highest BCUT2D eigenvalue weighted by Crippen LogP contribution is 2.17. The lowest BCUT2D eigenvalue weighted by Crippen LogP contribution is -2.45. The molecule has 0 radical (unpaired) electrons. The van der Waals surface area contributed by atoms with Crippen molar-refractivity contribution in [3.8, 4) is 0 Å². The van der Waals surface area contributed by atoms with Gasteiger partial charge >= 0.3 is 6.03 Å². The van der Waals surface area contributed by atoms with Crippen molar-refractivity contribution >= 4 is 16.8 Å². The van der Waals surface area contributed by atoms with Gasteiger partial charge in [0.2, 0.25) is 0 Å². The van der Waals surface area contributed by atoms with Crippen molar-refractivity contribution < 1.29 is 9.90 Å². The topological polar surface area (TPSA) is 96.2 Å². The molecule has 3 rings (SSSR count). The van der Waals surface area contributed by atoms with Crippen LogP contribution in [-0.2, 0) is 6.54 Å². The van der Waals surface area contributed by atoms with Crippen molar-refractivity contribution in [3.63, 3.8) is 0 Å². The van der Waals surface area contributed by atoms with Crippen LogP contribution < -0.4 is 16.2 Å². The van der Waals surface area contributed by atoms with Gasteiger partial charge in [-0.2, -0.15) is 5.10 Å². The molecule has 0 saturated carbocycles. The molecule has 0 bridgehead atoms. The summed E-state index contributed by atoms with van der Waals surface area (Å²) < 4.78 is 1.36. The second-order valence-electron chi connectivity index (χ2n) is 7.22. The molecule has 7 nitrogen and oxygen atoms in total. The number of aliphatic hydroxyl groups excluding tert-OH is 1. The Balaban J connectivity index is 1.65. The van der Waals surface area contributed by atoms with E-state index in [0.717, 1.165) is 16.5 Å². The third-order valence-corrected chi connectivity index (χ3v) is 4.75. The number of hydrogen-bond donors (Lipinski definition) is 3. The molecule has 0 saturated heterocycles. The molecule has 2 atom stereocenters. The summed E-state index contributed by atoms with van der Waals surface area (Å²) in [5.74, 6) is 0. The molecular formula is C22H26N4O3. The third-order valence-electron chi connectivity index (χ3n) is 4.75. The van der Waals surface area contributed by atoms with Crippen molar-refractivity contribution in [1.82, 2.24) is 20.4 Å². The molecule has 7 heteroatoms. The van der Waals surface area contributed by atoms with E-state index < -0.39 is 0 Å². The van der Waals surface area contributed by atoms with E-state index in [1.54, 1.807) is 12.3 Å². The third kappa shape index (κ3) is 5.20. The maximum absolute atomic E-state index is 12.6. The molecule has 0 spiro atoms. The minimum atomic E-state index is -0.355. The molecule has 2 aromatic carbocycles. The number of hydrogen-bond acceptors (Lipinski definition) is 4. The van der Waals surface area contributed by atoms with Crippen LogP contribution in [0.25, 0.3) is 10.8 Å². The van der Waals surface area contributed by atoms with Crippen LogP contribution in [0.2, 0.25) is 0 Å². The monoisotopic (exact) mass is 394 g/mol. The highest BCUT2D eigenvalue weighted by Gasteiger charge is 2.16. The summed E-state index contributed by atoms with van der Waals surface area (Å²) >= 11 is 0. The predicted octanol–water partition coefficient (Wildman–Crippen LogP) is 2.52. The van der Waals surface area contributed by atoms with E-state index in [1.807, 2.05) is 56.3 Å². The second-order valence-corrected chi connectivity index (χ2v) is 7.22. The SMILES string of the molecule is Cc1cccc(C(CCO)NC(=O)NC(C)Cn2ncc3ccccc3c2=O)c1. The fraction of sp³-hybridized carbons (Fsp3) is 0.318. The van der Waals surface area contributed by atoms with Crippen molar-refractivity contribution in [1.29, 1.82) is 0 Å². The summed E-state index contributed by atoms with van der Waals surface area (Å²) in [6.07, 6.45) is 2.06. The number of aromatic nitrogens is 2. The molecule has 3 aromatic rings. The molecule has 2 amide bonds. The number of carbonyl (C=O) groups is 1. The fourth-order valence-electron chi connectivity index (χ4n) is 3.32. The Morgan fingerprint density at radius 2 is 1.97 bits per heavy atom. The van der Waals surface area contributed by atoms with Gasteiger partial charge < -0.3 is 15.7 Å². The lowest BCUT2D eigenvalue weighted by atomic mass is 10.0. The van der Waals surface area contributed by atoms with E-state index in [9.17, 15) is 14.7 Å². The van der Waals surface area contributed by atoms with Gasteiger partial charge in [0.15, 0.2) is 0 Å². The lowest BCUT2D eigenvalue weighted by molar-refractivity contribution is 0.225. The molecule has 0 aliphatic heterocycles. The van der Waals surface area contributed by atoms with Gasteiger partial charge in [0.1, 0.15) is 0 Å². The van der Waals surface area contributed by atoms with Gasteiger partial charge in [-0.1, -0.05) is 48.0 Å². The number of aliphatic hydroxyl groups is 1. The summed E-state index contributed by atoms with van der Waals surface area (Å²) in [6.45, 7) is 4.02. The number of urea groups is 1. The first-order valence-electron chi connectivity index (χ1n) is 9.67. The molecule has 1 aromatic heterocycles. The molecular weight excluding hydrogens is 368 g/mol. The van der Waals surface area contributed by atoms with Crippen LogP contribution in [0.15, 0.2) is 59.5 Å². The molecule has 1 heterocycles. The van der Waals surface area contributed by atoms with Gasteiger partial charge in [0.05, 0.1) is 24.2 Å². The Morgan fingerprint density at radius 3 is 2.72 bits per heavy atom. The van der Waals surface area contributed by atoms with Gasteiger partial charge in [-0.05, 0) is 31.9 Å². The van der Waals surface area contributed by atoms with E-state index in [4.69, 9.17) is 0 Å². The maximum Gasteiger partial charge on any atom is 0.315 e. The Hall–Kier alpha value is -3.19. The van der Waals surface area contributed by atoms with Gasteiger partial charge in [-0.3, -0.25) is 4.79 Å². The van der Waals surface area contributed by atoms with Gasteiger partial charge in [0.25, 0.3) is 5.56 Å². The normalized spacial score (nSPS) is 13.1. The predicted molar refractivity (Wildman–Crippen MR) is 113 cm³/mol. The van der Waals surface area contributed by atoms with Crippen LogP contribution in [0, 0.1) is 6.92 Å². The molecule has 0 aliphatic carbocycles. The van der Waals surface area contributed by atoms with Crippen molar-refractivity contribution in [3.05, 3.63) is 76.2 Å². The number of nitrogens with one attached hydrogen (secondary N) is 2. The largest absolute Gasteiger partial charge is 0.396 e. The van der Waals surface area contributed by atoms with Gasteiger partial charge in [-0.25, -0.2) is 9.48 Å². The molecule has 29 heavy (non-hydrogen) atoms. The van der Waals surface area contributed by atoms with Crippen molar-refractivity contribution in [2.75, 3.05) is 6.61 Å². The first kappa shape index (κ1) is 20.5. The van der Waals surface area contributed by atoms with E-state index in [0.29, 0.717) is 11.8 Å². The number of fused-ring (bicyclic) bond motifs is 1. The summed E-state index contributed by atoms with van der Waals surface area (Å²) in [5.41, 5.74) is 1.84. The zero-order valence-corrected chi connectivity index (χ0v) is 16.6. The number of benzene rings is 2. The van der Waals surface area contributed by atoms with Crippen LogP contribution in [0.4, 0.5) is 4.79 Å². The van der Waals surface area contributed by atoms with E-state index in [2.05, 4.69) is 15.7 Å². The molecule has 2 unspecified atom stereocenters. The standard InChI is InChI=1S/C22H26N4O3/c1-15-6-5-8-17(12-15)20(10-11-27)25-22(29)24-16(2)14-26-21(28)19-9-4-3-7-18(19)13-23-26/h3-9,12-13,16,20,27H,10-11,14H2,1-2H3,(H2,24,25,29). The average molecular weight is 394 g/mol. The summed E-state index contributed by atoms with van der Waals surface area (Å²) in [7, 11) is 0. The van der Waals surface area contributed by atoms with Crippen LogP contribution >= 0.6 is 0 Å². The first-order valence-corrected chi connectivity index (χ1v) is 9.67. The van der Waals surface area contributed by atoms with Crippen molar-refractivity contribution in [2.45, 2.75) is 38.9 Å². The van der Waals surface area contributed by atoms with Crippen LogP contribution in [-0.4, -0.2) is 33.6 Å². The minimum absolute atomic E-state index is 0.0369. The van der Waals surface area contributed by atoms with Crippen LogP contribution in [0.1, 0.15) is 30.5 Å². The Morgan fingerprint density at radius 1 is 1.17 bits per heavy atom. The number of aryl methyl sites for hydroxylation is 1. The first-order chi connectivity index (χ1) is 14.0. The minimum Gasteiger partial charge on any atom is -0.396 e. The molecule has 152 valence electrons. The maximum atomic E-state index is 12.6. The van der Waals surface area contributed by atoms with Gasteiger partial charge in [0, 0.05) is 18.0 Å². The molecule has 3 N–H and O–H groups in total.